The van der Waals surface area contributed by atoms with Gasteiger partial charge in [-0.15, -0.1) is 11.8 Å². The molecule has 144 valence electrons. The number of hydrogen-bond acceptors (Lipinski definition) is 5. The lowest BCUT2D eigenvalue weighted by molar-refractivity contribution is -0.149. The summed E-state index contributed by atoms with van der Waals surface area (Å²) in [5.41, 5.74) is 0.480. The summed E-state index contributed by atoms with van der Waals surface area (Å²) in [4.78, 5) is 27.6. The third-order valence-electron chi connectivity index (χ3n) is 4.17. The van der Waals surface area contributed by atoms with Crippen molar-refractivity contribution in [3.8, 4) is 5.75 Å². The zero-order chi connectivity index (χ0) is 19.3. The molecule has 0 bridgehead atoms. The molecule has 1 aromatic rings. The first-order chi connectivity index (χ1) is 12.3. The van der Waals surface area contributed by atoms with Crippen molar-refractivity contribution in [1.29, 1.82) is 0 Å². The number of amides is 1. The molecule has 6 heteroatoms. The summed E-state index contributed by atoms with van der Waals surface area (Å²) < 4.78 is 10.8. The Morgan fingerprint density at radius 1 is 1.19 bits per heavy atom. The smallest absolute Gasteiger partial charge is 0.329 e. The van der Waals surface area contributed by atoms with Crippen LogP contribution >= 0.6 is 11.8 Å². The van der Waals surface area contributed by atoms with E-state index in [-0.39, 0.29) is 23.2 Å². The van der Waals surface area contributed by atoms with Crippen molar-refractivity contribution in [3.05, 3.63) is 29.8 Å². The van der Waals surface area contributed by atoms with Crippen molar-refractivity contribution >= 4 is 23.6 Å². The minimum absolute atomic E-state index is 0.0380. The highest BCUT2D eigenvalue weighted by atomic mass is 32.2. The van der Waals surface area contributed by atoms with Crippen molar-refractivity contribution in [2.75, 3.05) is 19.5 Å². The number of carbonyl (C=O) groups is 2. The van der Waals surface area contributed by atoms with Crippen LogP contribution in [0.5, 0.6) is 5.75 Å². The Hall–Kier alpha value is -1.69. The maximum absolute atomic E-state index is 13.3. The fourth-order valence-corrected chi connectivity index (χ4v) is 4.53. The molecule has 1 aromatic carbocycles. The van der Waals surface area contributed by atoms with E-state index in [1.807, 2.05) is 26.0 Å². The number of rotatable bonds is 7. The highest BCUT2D eigenvalue weighted by molar-refractivity contribution is 8.00. The summed E-state index contributed by atoms with van der Waals surface area (Å²) in [6.07, 6.45) is 0.833. The fourth-order valence-electron chi connectivity index (χ4n) is 2.91. The van der Waals surface area contributed by atoms with Gasteiger partial charge in [0.25, 0.3) is 5.91 Å². The van der Waals surface area contributed by atoms with E-state index >= 15 is 0 Å². The van der Waals surface area contributed by atoms with Crippen molar-refractivity contribution in [2.24, 2.45) is 11.8 Å². The molecule has 1 heterocycles. The monoisotopic (exact) mass is 379 g/mol. The molecule has 0 saturated carbocycles. The van der Waals surface area contributed by atoms with Gasteiger partial charge in [0, 0.05) is 5.75 Å². The molecule has 2 atom stereocenters. The molecule has 2 rings (SSSR count). The third kappa shape index (κ3) is 4.93. The molecule has 5 nitrogen and oxygen atoms in total. The molecule has 1 fully saturated rings. The van der Waals surface area contributed by atoms with Crippen LogP contribution in [0.1, 0.15) is 44.5 Å². The first kappa shape index (κ1) is 20.6. The first-order valence-corrected chi connectivity index (χ1v) is 10.1. The van der Waals surface area contributed by atoms with E-state index in [2.05, 4.69) is 13.8 Å². The average Bonchev–Trinajstić information content (AvgIpc) is 3.01. The number of ether oxygens (including phenoxy) is 2. The van der Waals surface area contributed by atoms with Gasteiger partial charge >= 0.3 is 5.97 Å². The summed E-state index contributed by atoms with van der Waals surface area (Å²) in [5.74, 6) is 1.27. The number of hydrogen-bond donors (Lipinski definition) is 0. The summed E-state index contributed by atoms with van der Waals surface area (Å²) in [7, 11) is 1.55. The Balaban J connectivity index is 2.29. The van der Waals surface area contributed by atoms with Crippen LogP contribution in [0.4, 0.5) is 0 Å². The van der Waals surface area contributed by atoms with Gasteiger partial charge in [0.15, 0.2) is 0 Å². The largest absolute Gasteiger partial charge is 0.496 e. The highest BCUT2D eigenvalue weighted by Crippen LogP contribution is 2.36. The van der Waals surface area contributed by atoms with Gasteiger partial charge in [-0.05, 0) is 30.4 Å². The summed E-state index contributed by atoms with van der Waals surface area (Å²) in [6.45, 7) is 8.60. The van der Waals surface area contributed by atoms with Crippen LogP contribution in [0, 0.1) is 11.8 Å². The SMILES string of the molecule is COc1ccccc1C(=O)N1[C@H](CC(C)C)SC[C@@H]1C(=O)OCC(C)C. The van der Waals surface area contributed by atoms with E-state index in [1.54, 1.807) is 35.9 Å². The van der Waals surface area contributed by atoms with Gasteiger partial charge in [0.05, 0.1) is 24.7 Å². The van der Waals surface area contributed by atoms with Gasteiger partial charge in [0.1, 0.15) is 11.8 Å². The quantitative estimate of drug-likeness (QED) is 0.674. The molecular weight excluding hydrogens is 350 g/mol. The Morgan fingerprint density at radius 2 is 1.88 bits per heavy atom. The Kier molecular flexibility index (Phi) is 7.38. The number of carbonyl (C=O) groups excluding carboxylic acids is 2. The standard InChI is InChI=1S/C20H29NO4S/c1-13(2)10-18-21(16(12-26-18)20(23)25-11-14(3)4)19(22)15-8-6-7-9-17(15)24-5/h6-9,13-14,16,18H,10-12H2,1-5H3/t16-,18+/m1/s1. The van der Waals surface area contributed by atoms with Crippen LogP contribution < -0.4 is 4.74 Å². The molecule has 1 aliphatic rings. The van der Waals surface area contributed by atoms with E-state index in [0.717, 1.165) is 6.42 Å². The van der Waals surface area contributed by atoms with Gasteiger partial charge in [-0.25, -0.2) is 4.79 Å². The molecule has 1 saturated heterocycles. The summed E-state index contributed by atoms with van der Waals surface area (Å²) in [6, 6.07) is 6.59. The second-order valence-electron chi connectivity index (χ2n) is 7.37. The molecule has 1 amide bonds. The van der Waals surface area contributed by atoms with Crippen molar-refractivity contribution in [3.63, 3.8) is 0 Å². The number of nitrogens with zero attached hydrogens (tertiary/aromatic N) is 1. The lowest BCUT2D eigenvalue weighted by atomic mass is 10.1. The maximum Gasteiger partial charge on any atom is 0.329 e. The van der Waals surface area contributed by atoms with E-state index in [9.17, 15) is 9.59 Å². The van der Waals surface area contributed by atoms with Gasteiger partial charge < -0.3 is 14.4 Å². The first-order valence-electron chi connectivity index (χ1n) is 9.09. The molecule has 1 aliphatic heterocycles. The number of esters is 1. The Morgan fingerprint density at radius 3 is 2.50 bits per heavy atom. The topological polar surface area (TPSA) is 55.8 Å². The maximum atomic E-state index is 13.3. The molecule has 26 heavy (non-hydrogen) atoms. The second kappa shape index (κ2) is 9.31. The number of benzene rings is 1. The molecule has 0 radical (unpaired) electrons. The minimum atomic E-state index is -0.556. The number of thioether (sulfide) groups is 1. The zero-order valence-corrected chi connectivity index (χ0v) is 17.0. The van der Waals surface area contributed by atoms with Gasteiger partial charge in [-0.2, -0.15) is 0 Å². The van der Waals surface area contributed by atoms with Crippen molar-refractivity contribution < 1.29 is 19.1 Å². The number of para-hydroxylation sites is 1. The van der Waals surface area contributed by atoms with E-state index in [4.69, 9.17) is 9.47 Å². The Bertz CT molecular complexity index is 632. The van der Waals surface area contributed by atoms with Gasteiger partial charge in [0.2, 0.25) is 0 Å². The number of methoxy groups -OCH3 is 1. The van der Waals surface area contributed by atoms with Crippen LogP contribution in [0.15, 0.2) is 24.3 Å². The molecule has 0 spiro atoms. The van der Waals surface area contributed by atoms with Crippen LogP contribution in [0.3, 0.4) is 0 Å². The lowest BCUT2D eigenvalue weighted by Crippen LogP contribution is -2.47. The van der Waals surface area contributed by atoms with Gasteiger partial charge in [-0.3, -0.25) is 4.79 Å². The molecular formula is C20H29NO4S. The summed E-state index contributed by atoms with van der Waals surface area (Å²) in [5, 5.41) is -0.0380. The second-order valence-corrected chi connectivity index (χ2v) is 8.58. The van der Waals surface area contributed by atoms with Crippen LogP contribution in [-0.2, 0) is 9.53 Å². The zero-order valence-electron chi connectivity index (χ0n) is 16.2. The van der Waals surface area contributed by atoms with Crippen molar-refractivity contribution in [1.82, 2.24) is 4.90 Å². The normalized spacial score (nSPS) is 19.9. The van der Waals surface area contributed by atoms with Crippen LogP contribution in [0.2, 0.25) is 0 Å². The average molecular weight is 380 g/mol. The molecule has 0 unspecified atom stereocenters. The third-order valence-corrected chi connectivity index (χ3v) is 5.48. The fraction of sp³-hybridized carbons (Fsp3) is 0.600. The molecule has 0 aromatic heterocycles. The highest BCUT2D eigenvalue weighted by Gasteiger charge is 2.43. The minimum Gasteiger partial charge on any atom is -0.496 e. The van der Waals surface area contributed by atoms with Crippen LogP contribution in [-0.4, -0.2) is 47.7 Å². The lowest BCUT2D eigenvalue weighted by Gasteiger charge is -2.30. The van der Waals surface area contributed by atoms with E-state index in [0.29, 0.717) is 29.6 Å². The van der Waals surface area contributed by atoms with E-state index < -0.39 is 6.04 Å². The predicted octanol–water partition coefficient (Wildman–Crippen LogP) is 3.82. The molecule has 0 aliphatic carbocycles. The summed E-state index contributed by atoms with van der Waals surface area (Å²) >= 11 is 1.65. The van der Waals surface area contributed by atoms with Gasteiger partial charge in [-0.1, -0.05) is 39.8 Å². The van der Waals surface area contributed by atoms with E-state index in [1.165, 1.54) is 0 Å². The predicted molar refractivity (Wildman–Crippen MR) is 104 cm³/mol. The van der Waals surface area contributed by atoms with Crippen molar-refractivity contribution in [2.45, 2.75) is 45.5 Å². The van der Waals surface area contributed by atoms with Crippen LogP contribution in [0.25, 0.3) is 0 Å². The molecule has 0 N–H and O–H groups in total. The Labute approximate surface area is 160 Å².